The molecule has 0 aliphatic heterocycles. The summed E-state index contributed by atoms with van der Waals surface area (Å²) in [7, 11) is 0. The maximum atomic E-state index is 3.82. The van der Waals surface area contributed by atoms with Crippen molar-refractivity contribution in [2.45, 2.75) is 82.6 Å². The zero-order valence-electron chi connectivity index (χ0n) is 13.6. The Bertz CT molecular complexity index is 418. The van der Waals surface area contributed by atoms with Gasteiger partial charge in [0.05, 0.1) is 0 Å². The standard InChI is InChI=1S/C20H31N/c1-2-15-21-20-10-5-3-4-9-19(20)18-13-11-17(12-14-18)16-7-6-8-16/h11-14,16,19-21H,2-10,15H2,1H3. The lowest BCUT2D eigenvalue weighted by atomic mass is 9.79. The summed E-state index contributed by atoms with van der Waals surface area (Å²) in [6.45, 7) is 3.44. The molecule has 1 N–H and O–H groups in total. The Hall–Kier alpha value is -0.820. The molecule has 3 rings (SSSR count). The monoisotopic (exact) mass is 285 g/mol. The lowest BCUT2D eigenvalue weighted by Gasteiger charge is -2.29. The summed E-state index contributed by atoms with van der Waals surface area (Å²) in [6.07, 6.45) is 12.4. The topological polar surface area (TPSA) is 12.0 Å². The van der Waals surface area contributed by atoms with Gasteiger partial charge in [-0.3, -0.25) is 0 Å². The molecule has 21 heavy (non-hydrogen) atoms. The van der Waals surface area contributed by atoms with E-state index in [2.05, 4.69) is 36.5 Å². The third-order valence-electron chi connectivity index (χ3n) is 5.61. The number of hydrogen-bond donors (Lipinski definition) is 1. The van der Waals surface area contributed by atoms with Crippen molar-refractivity contribution in [2.75, 3.05) is 6.54 Å². The average Bonchev–Trinajstić information content (AvgIpc) is 2.69. The molecule has 0 radical (unpaired) electrons. The van der Waals surface area contributed by atoms with Crippen molar-refractivity contribution in [2.24, 2.45) is 0 Å². The number of nitrogens with one attached hydrogen (secondary N) is 1. The fourth-order valence-electron chi connectivity index (χ4n) is 4.04. The Morgan fingerprint density at radius 3 is 2.24 bits per heavy atom. The van der Waals surface area contributed by atoms with Gasteiger partial charge in [-0.15, -0.1) is 0 Å². The molecule has 1 nitrogen and oxygen atoms in total. The SMILES string of the molecule is CCCNC1CCCCCC1c1ccc(C2CCC2)cc1. The predicted octanol–water partition coefficient (Wildman–Crippen LogP) is 5.37. The van der Waals surface area contributed by atoms with Gasteiger partial charge >= 0.3 is 0 Å². The minimum absolute atomic E-state index is 0.696. The van der Waals surface area contributed by atoms with Crippen molar-refractivity contribution in [3.63, 3.8) is 0 Å². The van der Waals surface area contributed by atoms with Crippen LogP contribution in [0.15, 0.2) is 24.3 Å². The van der Waals surface area contributed by atoms with Crippen LogP contribution in [0.1, 0.15) is 87.7 Å². The molecule has 0 spiro atoms. The summed E-state index contributed by atoms with van der Waals surface area (Å²) < 4.78 is 0. The van der Waals surface area contributed by atoms with Gasteiger partial charge in [0.2, 0.25) is 0 Å². The van der Waals surface area contributed by atoms with E-state index in [4.69, 9.17) is 0 Å². The molecule has 2 saturated carbocycles. The van der Waals surface area contributed by atoms with Crippen molar-refractivity contribution in [1.82, 2.24) is 5.32 Å². The second-order valence-corrected chi connectivity index (χ2v) is 7.10. The van der Waals surface area contributed by atoms with Gasteiger partial charge in [0.15, 0.2) is 0 Å². The van der Waals surface area contributed by atoms with Crippen molar-refractivity contribution < 1.29 is 0 Å². The van der Waals surface area contributed by atoms with Gasteiger partial charge in [-0.25, -0.2) is 0 Å². The van der Waals surface area contributed by atoms with Crippen molar-refractivity contribution in [3.05, 3.63) is 35.4 Å². The third-order valence-corrected chi connectivity index (χ3v) is 5.61. The molecule has 0 amide bonds. The van der Waals surface area contributed by atoms with Crippen LogP contribution in [0.3, 0.4) is 0 Å². The summed E-state index contributed by atoms with van der Waals surface area (Å²) in [5.74, 6) is 1.59. The predicted molar refractivity (Wildman–Crippen MR) is 90.9 cm³/mol. The summed E-state index contributed by atoms with van der Waals surface area (Å²) in [4.78, 5) is 0. The molecule has 2 atom stereocenters. The van der Waals surface area contributed by atoms with E-state index in [1.54, 1.807) is 11.1 Å². The minimum atomic E-state index is 0.696. The molecular formula is C20H31N. The second kappa shape index (κ2) is 7.45. The Balaban J connectivity index is 1.71. The molecule has 1 heteroatoms. The highest BCUT2D eigenvalue weighted by Gasteiger charge is 2.25. The third kappa shape index (κ3) is 3.69. The van der Waals surface area contributed by atoms with Crippen LogP contribution >= 0.6 is 0 Å². The largest absolute Gasteiger partial charge is 0.313 e. The fourth-order valence-corrected chi connectivity index (χ4v) is 4.04. The maximum absolute atomic E-state index is 3.82. The van der Waals surface area contributed by atoms with Gasteiger partial charge in [0.25, 0.3) is 0 Å². The Morgan fingerprint density at radius 1 is 0.857 bits per heavy atom. The molecule has 2 unspecified atom stereocenters. The van der Waals surface area contributed by atoms with Crippen molar-refractivity contribution in [1.29, 1.82) is 0 Å². The first-order valence-electron chi connectivity index (χ1n) is 9.21. The number of hydrogen-bond acceptors (Lipinski definition) is 1. The van der Waals surface area contributed by atoms with E-state index >= 15 is 0 Å². The summed E-state index contributed by atoms with van der Waals surface area (Å²) in [5, 5.41) is 3.82. The lowest BCUT2D eigenvalue weighted by molar-refractivity contribution is 0.409. The molecule has 0 aromatic heterocycles. The molecule has 0 heterocycles. The molecule has 2 aliphatic carbocycles. The highest BCUT2D eigenvalue weighted by molar-refractivity contribution is 5.29. The average molecular weight is 285 g/mol. The summed E-state index contributed by atoms with van der Waals surface area (Å²) >= 11 is 0. The smallest absolute Gasteiger partial charge is 0.0136 e. The maximum Gasteiger partial charge on any atom is 0.0136 e. The van der Waals surface area contributed by atoms with E-state index in [0.717, 1.165) is 11.8 Å². The lowest BCUT2D eigenvalue weighted by Crippen LogP contribution is -2.34. The summed E-state index contributed by atoms with van der Waals surface area (Å²) in [5.41, 5.74) is 3.16. The molecule has 116 valence electrons. The van der Waals surface area contributed by atoms with Crippen LogP contribution in [0.4, 0.5) is 0 Å². The van der Waals surface area contributed by atoms with Crippen LogP contribution < -0.4 is 5.32 Å². The molecule has 0 saturated heterocycles. The number of benzene rings is 1. The van der Waals surface area contributed by atoms with Crippen LogP contribution in [0.5, 0.6) is 0 Å². The Morgan fingerprint density at radius 2 is 1.57 bits per heavy atom. The first-order chi connectivity index (χ1) is 10.4. The van der Waals surface area contributed by atoms with E-state index in [0.29, 0.717) is 6.04 Å². The first-order valence-corrected chi connectivity index (χ1v) is 9.21. The molecule has 1 aromatic rings. The van der Waals surface area contributed by atoms with E-state index in [9.17, 15) is 0 Å². The van der Waals surface area contributed by atoms with E-state index in [1.807, 2.05) is 0 Å². The van der Waals surface area contributed by atoms with E-state index in [1.165, 1.54) is 64.3 Å². The summed E-state index contributed by atoms with van der Waals surface area (Å²) in [6, 6.07) is 10.4. The van der Waals surface area contributed by atoms with Gasteiger partial charge in [-0.05, 0) is 61.6 Å². The van der Waals surface area contributed by atoms with Crippen LogP contribution in [-0.2, 0) is 0 Å². The first kappa shape index (κ1) is 15.1. The molecule has 1 aromatic carbocycles. The quantitative estimate of drug-likeness (QED) is 0.717. The molecule has 0 bridgehead atoms. The van der Waals surface area contributed by atoms with Crippen molar-refractivity contribution >= 4 is 0 Å². The zero-order valence-corrected chi connectivity index (χ0v) is 13.6. The highest BCUT2D eigenvalue weighted by Crippen LogP contribution is 2.38. The number of rotatable bonds is 5. The van der Waals surface area contributed by atoms with Crippen LogP contribution in [-0.4, -0.2) is 12.6 Å². The highest BCUT2D eigenvalue weighted by atomic mass is 14.9. The molecular weight excluding hydrogens is 254 g/mol. The van der Waals surface area contributed by atoms with Crippen molar-refractivity contribution in [3.8, 4) is 0 Å². The van der Waals surface area contributed by atoms with Gasteiger partial charge < -0.3 is 5.32 Å². The van der Waals surface area contributed by atoms with E-state index < -0.39 is 0 Å². The van der Waals surface area contributed by atoms with E-state index in [-0.39, 0.29) is 0 Å². The van der Waals surface area contributed by atoms with Crippen LogP contribution in [0.2, 0.25) is 0 Å². The molecule has 2 fully saturated rings. The van der Waals surface area contributed by atoms with Crippen LogP contribution in [0, 0.1) is 0 Å². The van der Waals surface area contributed by atoms with Gasteiger partial charge in [-0.1, -0.05) is 56.9 Å². The van der Waals surface area contributed by atoms with Gasteiger partial charge in [-0.2, -0.15) is 0 Å². The zero-order chi connectivity index (χ0) is 14.5. The van der Waals surface area contributed by atoms with Gasteiger partial charge in [0.1, 0.15) is 0 Å². The molecule has 2 aliphatic rings. The normalized spacial score (nSPS) is 27.1. The minimum Gasteiger partial charge on any atom is -0.313 e. The fraction of sp³-hybridized carbons (Fsp3) is 0.700. The second-order valence-electron chi connectivity index (χ2n) is 7.10. The Labute approximate surface area is 130 Å². The van der Waals surface area contributed by atoms with Gasteiger partial charge in [0, 0.05) is 6.04 Å². The Kier molecular flexibility index (Phi) is 5.35. The van der Waals surface area contributed by atoms with Crippen LogP contribution in [0.25, 0.3) is 0 Å².